The van der Waals surface area contributed by atoms with Crippen molar-refractivity contribution in [3.05, 3.63) is 29.8 Å². The van der Waals surface area contributed by atoms with Gasteiger partial charge in [-0.1, -0.05) is 31.2 Å². The van der Waals surface area contributed by atoms with Crippen LogP contribution in [0.3, 0.4) is 0 Å². The van der Waals surface area contributed by atoms with Gasteiger partial charge in [0.15, 0.2) is 17.0 Å². The number of rotatable bonds is 8. The minimum absolute atomic E-state index is 0.0519. The number of benzene rings is 1. The minimum Gasteiger partial charge on any atom is -0.508 e. The van der Waals surface area contributed by atoms with Gasteiger partial charge in [0.25, 0.3) is 0 Å². The van der Waals surface area contributed by atoms with E-state index in [2.05, 4.69) is 30.9 Å². The molecule has 4 N–H and O–H groups in total. The molecule has 0 amide bonds. The molecule has 0 saturated heterocycles. The summed E-state index contributed by atoms with van der Waals surface area (Å²) < 4.78 is 1.75. The zero-order valence-corrected chi connectivity index (χ0v) is 16.6. The SMILES string of the molecule is CC(C)n1nnc2c(NCc3cccc(O)c3)nc(NCC(C)(C)CO)nc21. The number of phenols is 1. The van der Waals surface area contributed by atoms with Crippen LogP contribution in [0.2, 0.25) is 0 Å². The van der Waals surface area contributed by atoms with Gasteiger partial charge in [-0.15, -0.1) is 5.10 Å². The van der Waals surface area contributed by atoms with E-state index in [0.717, 1.165) is 5.56 Å². The molecule has 9 heteroatoms. The normalized spacial score (nSPS) is 11.9. The van der Waals surface area contributed by atoms with E-state index in [1.807, 2.05) is 33.8 Å². The van der Waals surface area contributed by atoms with E-state index in [1.165, 1.54) is 0 Å². The number of aromatic nitrogens is 5. The van der Waals surface area contributed by atoms with Crippen LogP contribution < -0.4 is 10.6 Å². The van der Waals surface area contributed by atoms with Gasteiger partial charge in [-0.3, -0.25) is 0 Å². The zero-order chi connectivity index (χ0) is 20.3. The minimum atomic E-state index is -0.302. The van der Waals surface area contributed by atoms with E-state index >= 15 is 0 Å². The highest BCUT2D eigenvalue weighted by Crippen LogP contribution is 2.24. The topological polar surface area (TPSA) is 121 Å². The number of hydrogen-bond donors (Lipinski definition) is 4. The van der Waals surface area contributed by atoms with Crippen molar-refractivity contribution in [2.24, 2.45) is 5.41 Å². The number of nitrogens with zero attached hydrogens (tertiary/aromatic N) is 5. The number of anilines is 2. The van der Waals surface area contributed by atoms with Crippen LogP contribution in [0.5, 0.6) is 5.75 Å². The standard InChI is InChI=1S/C19H27N7O2/c1-12(2)26-17-15(24-25-26)16(20-9-13-6-5-7-14(28)8-13)22-18(23-17)21-10-19(3,4)11-27/h5-8,12,27-28H,9-11H2,1-4H3,(H2,20,21,22,23). The maximum Gasteiger partial charge on any atom is 0.226 e. The summed E-state index contributed by atoms with van der Waals surface area (Å²) >= 11 is 0. The Kier molecular flexibility index (Phi) is 5.64. The van der Waals surface area contributed by atoms with Crippen LogP contribution in [0.4, 0.5) is 11.8 Å². The second-order valence-corrected chi connectivity index (χ2v) is 7.90. The molecule has 0 fully saturated rings. The molecule has 3 rings (SSSR count). The Balaban J connectivity index is 1.92. The van der Waals surface area contributed by atoms with Crippen LogP contribution in [0.15, 0.2) is 24.3 Å². The summed E-state index contributed by atoms with van der Waals surface area (Å²) in [5, 5.41) is 34.0. The predicted molar refractivity (Wildman–Crippen MR) is 108 cm³/mol. The summed E-state index contributed by atoms with van der Waals surface area (Å²) in [6, 6.07) is 7.13. The van der Waals surface area contributed by atoms with Crippen LogP contribution in [0, 0.1) is 5.41 Å². The van der Waals surface area contributed by atoms with E-state index in [0.29, 0.717) is 36.0 Å². The molecule has 0 atom stereocenters. The molecule has 0 saturated carbocycles. The molecule has 0 spiro atoms. The van der Waals surface area contributed by atoms with Crippen molar-refractivity contribution in [3.63, 3.8) is 0 Å². The van der Waals surface area contributed by atoms with E-state index in [1.54, 1.807) is 22.9 Å². The van der Waals surface area contributed by atoms with Crippen molar-refractivity contribution in [2.75, 3.05) is 23.8 Å². The van der Waals surface area contributed by atoms with Crippen molar-refractivity contribution in [3.8, 4) is 5.75 Å². The maximum atomic E-state index is 9.65. The van der Waals surface area contributed by atoms with Gasteiger partial charge in [0.05, 0.1) is 6.04 Å². The fourth-order valence-corrected chi connectivity index (χ4v) is 2.61. The van der Waals surface area contributed by atoms with Gasteiger partial charge < -0.3 is 20.8 Å². The van der Waals surface area contributed by atoms with Gasteiger partial charge in [0.2, 0.25) is 5.95 Å². The first kappa shape index (κ1) is 19.8. The summed E-state index contributed by atoms with van der Waals surface area (Å²) in [7, 11) is 0. The Labute approximate surface area is 163 Å². The molecule has 0 aliphatic heterocycles. The number of fused-ring (bicyclic) bond motifs is 1. The number of aliphatic hydroxyl groups excluding tert-OH is 1. The molecule has 2 heterocycles. The predicted octanol–water partition coefficient (Wildman–Crippen LogP) is 2.55. The molecular formula is C19H27N7O2. The monoisotopic (exact) mass is 385 g/mol. The molecule has 0 aliphatic carbocycles. The van der Waals surface area contributed by atoms with Crippen molar-refractivity contribution in [1.29, 1.82) is 0 Å². The van der Waals surface area contributed by atoms with Gasteiger partial charge in [-0.25, -0.2) is 4.68 Å². The van der Waals surface area contributed by atoms with Crippen molar-refractivity contribution in [2.45, 2.75) is 40.3 Å². The Morgan fingerprint density at radius 3 is 2.64 bits per heavy atom. The number of phenolic OH excluding ortho intramolecular Hbond substituents is 1. The lowest BCUT2D eigenvalue weighted by molar-refractivity contribution is 0.170. The van der Waals surface area contributed by atoms with Crippen molar-refractivity contribution < 1.29 is 10.2 Å². The molecule has 1 aromatic carbocycles. The van der Waals surface area contributed by atoms with E-state index in [-0.39, 0.29) is 23.8 Å². The van der Waals surface area contributed by atoms with Crippen molar-refractivity contribution in [1.82, 2.24) is 25.0 Å². The average Bonchev–Trinajstić information content (AvgIpc) is 3.09. The fraction of sp³-hybridized carbons (Fsp3) is 0.474. The summed E-state index contributed by atoms with van der Waals surface area (Å²) in [4.78, 5) is 9.13. The summed E-state index contributed by atoms with van der Waals surface area (Å²) in [5.74, 6) is 1.22. The molecule has 28 heavy (non-hydrogen) atoms. The summed E-state index contributed by atoms with van der Waals surface area (Å²) in [5.41, 5.74) is 1.83. The Hall–Kier alpha value is -2.94. The van der Waals surface area contributed by atoms with Gasteiger partial charge in [-0.2, -0.15) is 9.97 Å². The highest BCUT2D eigenvalue weighted by Gasteiger charge is 2.19. The molecule has 9 nitrogen and oxygen atoms in total. The summed E-state index contributed by atoms with van der Waals surface area (Å²) in [6.45, 7) is 8.98. The third kappa shape index (κ3) is 4.48. The highest BCUT2D eigenvalue weighted by atomic mass is 16.3. The lowest BCUT2D eigenvalue weighted by Crippen LogP contribution is -2.27. The van der Waals surface area contributed by atoms with Crippen LogP contribution in [-0.4, -0.2) is 48.3 Å². The van der Waals surface area contributed by atoms with Gasteiger partial charge in [0.1, 0.15) is 5.75 Å². The zero-order valence-electron chi connectivity index (χ0n) is 16.6. The Morgan fingerprint density at radius 2 is 1.96 bits per heavy atom. The van der Waals surface area contributed by atoms with Crippen LogP contribution in [-0.2, 0) is 6.54 Å². The fourth-order valence-electron chi connectivity index (χ4n) is 2.61. The van der Waals surface area contributed by atoms with E-state index < -0.39 is 0 Å². The van der Waals surface area contributed by atoms with Crippen LogP contribution >= 0.6 is 0 Å². The second-order valence-electron chi connectivity index (χ2n) is 7.90. The molecule has 0 unspecified atom stereocenters. The molecule has 3 aromatic rings. The third-order valence-electron chi connectivity index (χ3n) is 4.34. The molecule has 0 bridgehead atoms. The van der Waals surface area contributed by atoms with Gasteiger partial charge in [-0.05, 0) is 31.5 Å². The molecular weight excluding hydrogens is 358 g/mol. The number of nitrogens with one attached hydrogen (secondary N) is 2. The number of aliphatic hydroxyl groups is 1. The quantitative estimate of drug-likeness (QED) is 0.467. The first-order valence-electron chi connectivity index (χ1n) is 9.28. The Morgan fingerprint density at radius 1 is 1.18 bits per heavy atom. The lowest BCUT2D eigenvalue weighted by atomic mass is 9.95. The lowest BCUT2D eigenvalue weighted by Gasteiger charge is -2.22. The largest absolute Gasteiger partial charge is 0.508 e. The first-order valence-corrected chi connectivity index (χ1v) is 9.28. The van der Waals surface area contributed by atoms with E-state index in [9.17, 15) is 10.2 Å². The van der Waals surface area contributed by atoms with Crippen LogP contribution in [0.1, 0.15) is 39.3 Å². The average molecular weight is 385 g/mol. The molecule has 150 valence electrons. The van der Waals surface area contributed by atoms with Crippen LogP contribution in [0.25, 0.3) is 11.2 Å². The van der Waals surface area contributed by atoms with Crippen molar-refractivity contribution >= 4 is 22.9 Å². The maximum absolute atomic E-state index is 9.65. The third-order valence-corrected chi connectivity index (χ3v) is 4.34. The van der Waals surface area contributed by atoms with E-state index in [4.69, 9.17) is 0 Å². The number of hydrogen-bond acceptors (Lipinski definition) is 8. The summed E-state index contributed by atoms with van der Waals surface area (Å²) in [6.07, 6.45) is 0. The van der Waals surface area contributed by atoms with Gasteiger partial charge >= 0.3 is 0 Å². The molecule has 2 aromatic heterocycles. The molecule has 0 aliphatic rings. The first-order chi connectivity index (χ1) is 13.3. The highest BCUT2D eigenvalue weighted by molar-refractivity contribution is 5.83. The second kappa shape index (κ2) is 7.97. The molecule has 0 radical (unpaired) electrons. The smallest absolute Gasteiger partial charge is 0.226 e. The Bertz CT molecular complexity index is 953. The van der Waals surface area contributed by atoms with Gasteiger partial charge in [0, 0.05) is 25.1 Å². The number of aromatic hydroxyl groups is 1.